The predicted octanol–water partition coefficient (Wildman–Crippen LogP) is 3.42. The third kappa shape index (κ3) is 3.05. The third-order valence-corrected chi connectivity index (χ3v) is 4.50. The van der Waals surface area contributed by atoms with Gasteiger partial charge in [-0.05, 0) is 54.9 Å². The lowest BCUT2D eigenvalue weighted by atomic mass is 10.1. The Hall–Kier alpha value is -1.56. The van der Waals surface area contributed by atoms with Gasteiger partial charge in [-0.15, -0.1) is 10.2 Å². The highest BCUT2D eigenvalue weighted by molar-refractivity contribution is 7.99. The van der Waals surface area contributed by atoms with Gasteiger partial charge in [-0.25, -0.2) is 0 Å². The Kier molecular flexibility index (Phi) is 4.14. The molecule has 1 aromatic carbocycles. The van der Waals surface area contributed by atoms with E-state index in [0.717, 1.165) is 32.7 Å². The first-order chi connectivity index (χ1) is 10.1. The zero-order chi connectivity index (χ0) is 14.8. The highest BCUT2D eigenvalue weighted by atomic mass is 35.5. The van der Waals surface area contributed by atoms with Crippen molar-refractivity contribution >= 4 is 29.0 Å². The summed E-state index contributed by atoms with van der Waals surface area (Å²) in [5, 5.41) is 9.96. The maximum absolute atomic E-state index is 6.32. The molecule has 0 saturated carbocycles. The van der Waals surface area contributed by atoms with E-state index in [4.69, 9.17) is 17.3 Å². The first-order valence-corrected chi connectivity index (χ1v) is 7.85. The Bertz CT molecular complexity index is 769. The molecule has 0 spiro atoms. The average molecular weight is 319 g/mol. The Morgan fingerprint density at radius 3 is 2.90 bits per heavy atom. The second-order valence-electron chi connectivity index (χ2n) is 4.91. The highest BCUT2D eigenvalue weighted by Gasteiger charge is 2.13. The SMILES string of the molecule is CC(N)Cc1c(Cl)cccc1Sc1nnc2ccccn12. The smallest absolute Gasteiger partial charge is 0.200 e. The van der Waals surface area contributed by atoms with E-state index in [1.54, 1.807) is 11.8 Å². The van der Waals surface area contributed by atoms with Gasteiger partial charge >= 0.3 is 0 Å². The highest BCUT2D eigenvalue weighted by Crippen LogP contribution is 2.33. The minimum absolute atomic E-state index is 0.0550. The van der Waals surface area contributed by atoms with Crippen molar-refractivity contribution in [1.82, 2.24) is 14.6 Å². The maximum atomic E-state index is 6.32. The van der Waals surface area contributed by atoms with Crippen molar-refractivity contribution in [3.63, 3.8) is 0 Å². The van der Waals surface area contributed by atoms with Crippen LogP contribution in [0.3, 0.4) is 0 Å². The molecule has 0 aliphatic carbocycles. The Morgan fingerprint density at radius 2 is 2.10 bits per heavy atom. The summed E-state index contributed by atoms with van der Waals surface area (Å²) >= 11 is 7.88. The van der Waals surface area contributed by atoms with Crippen molar-refractivity contribution < 1.29 is 0 Å². The molecule has 21 heavy (non-hydrogen) atoms. The van der Waals surface area contributed by atoms with Crippen molar-refractivity contribution in [2.24, 2.45) is 5.73 Å². The summed E-state index contributed by atoms with van der Waals surface area (Å²) in [5.41, 5.74) is 7.82. The third-order valence-electron chi connectivity index (χ3n) is 3.09. The molecule has 3 aromatic rings. The molecule has 0 amide bonds. The van der Waals surface area contributed by atoms with E-state index in [2.05, 4.69) is 10.2 Å². The maximum Gasteiger partial charge on any atom is 0.200 e. The number of pyridine rings is 1. The zero-order valence-corrected chi connectivity index (χ0v) is 13.1. The van der Waals surface area contributed by atoms with Crippen LogP contribution in [-0.4, -0.2) is 20.6 Å². The molecule has 0 fully saturated rings. The molecule has 2 aromatic heterocycles. The number of hydrogen-bond acceptors (Lipinski definition) is 4. The molecule has 1 atom stereocenters. The van der Waals surface area contributed by atoms with Gasteiger partial charge in [0.2, 0.25) is 0 Å². The number of fused-ring (bicyclic) bond motifs is 1. The Morgan fingerprint density at radius 1 is 1.24 bits per heavy atom. The number of aromatic nitrogens is 3. The molecule has 0 aliphatic rings. The second kappa shape index (κ2) is 6.05. The van der Waals surface area contributed by atoms with Crippen molar-refractivity contribution in [3.8, 4) is 0 Å². The van der Waals surface area contributed by atoms with Crippen LogP contribution < -0.4 is 5.73 Å². The van der Waals surface area contributed by atoms with Gasteiger partial charge in [-0.3, -0.25) is 4.40 Å². The van der Waals surface area contributed by atoms with E-state index < -0.39 is 0 Å². The second-order valence-corrected chi connectivity index (χ2v) is 6.33. The van der Waals surface area contributed by atoms with Crippen molar-refractivity contribution in [1.29, 1.82) is 0 Å². The monoisotopic (exact) mass is 318 g/mol. The van der Waals surface area contributed by atoms with Gasteiger partial charge in [0, 0.05) is 22.2 Å². The first kappa shape index (κ1) is 14.4. The number of hydrogen-bond donors (Lipinski definition) is 1. The predicted molar refractivity (Wildman–Crippen MR) is 85.9 cm³/mol. The number of halogens is 1. The van der Waals surface area contributed by atoms with E-state index >= 15 is 0 Å². The fourth-order valence-electron chi connectivity index (χ4n) is 2.14. The molecule has 0 aliphatic heterocycles. The molecule has 3 rings (SSSR count). The Balaban J connectivity index is 2.00. The fourth-order valence-corrected chi connectivity index (χ4v) is 3.44. The van der Waals surface area contributed by atoms with Gasteiger partial charge in [-0.2, -0.15) is 0 Å². The van der Waals surface area contributed by atoms with Crippen LogP contribution in [0.2, 0.25) is 5.02 Å². The van der Waals surface area contributed by atoms with Gasteiger partial charge in [-0.1, -0.05) is 23.7 Å². The standard InChI is InChI=1S/C15H15ClN4S/c1-10(17)9-11-12(16)5-4-6-13(11)21-15-19-18-14-7-2-3-8-20(14)15/h2-8,10H,9,17H2,1H3. The molecule has 1 unspecified atom stereocenters. The van der Waals surface area contributed by atoms with Gasteiger partial charge in [0.05, 0.1) is 0 Å². The summed E-state index contributed by atoms with van der Waals surface area (Å²) in [5.74, 6) is 0. The van der Waals surface area contributed by atoms with E-state index in [0.29, 0.717) is 0 Å². The number of rotatable bonds is 4. The molecule has 2 N–H and O–H groups in total. The fraction of sp³-hybridized carbons (Fsp3) is 0.200. The van der Waals surface area contributed by atoms with E-state index in [1.165, 1.54) is 0 Å². The number of benzene rings is 1. The average Bonchev–Trinajstić information content (AvgIpc) is 2.86. The first-order valence-electron chi connectivity index (χ1n) is 6.66. The molecule has 0 saturated heterocycles. The minimum Gasteiger partial charge on any atom is -0.328 e. The molecule has 0 radical (unpaired) electrons. The van der Waals surface area contributed by atoms with Crippen molar-refractivity contribution in [2.45, 2.75) is 29.4 Å². The molecular formula is C15H15ClN4S. The quantitative estimate of drug-likeness (QED) is 0.800. The lowest BCUT2D eigenvalue weighted by Crippen LogP contribution is -2.18. The summed E-state index contributed by atoms with van der Waals surface area (Å²) in [6, 6.07) is 11.8. The normalized spacial score (nSPS) is 12.7. The van der Waals surface area contributed by atoms with Crippen LogP contribution in [0.25, 0.3) is 5.65 Å². The van der Waals surface area contributed by atoms with Gasteiger partial charge < -0.3 is 5.73 Å². The topological polar surface area (TPSA) is 56.2 Å². The van der Waals surface area contributed by atoms with E-state index in [1.807, 2.05) is 53.9 Å². The van der Waals surface area contributed by atoms with Crippen molar-refractivity contribution in [2.75, 3.05) is 0 Å². The summed E-state index contributed by atoms with van der Waals surface area (Å²) in [7, 11) is 0. The lowest BCUT2D eigenvalue weighted by molar-refractivity contribution is 0.729. The summed E-state index contributed by atoms with van der Waals surface area (Å²) < 4.78 is 1.96. The number of nitrogens with zero attached hydrogens (tertiary/aromatic N) is 3. The molecule has 108 valence electrons. The number of nitrogens with two attached hydrogens (primary N) is 1. The molecule has 6 heteroatoms. The van der Waals surface area contributed by atoms with Crippen LogP contribution in [0.15, 0.2) is 52.6 Å². The largest absolute Gasteiger partial charge is 0.328 e. The van der Waals surface area contributed by atoms with E-state index in [9.17, 15) is 0 Å². The zero-order valence-electron chi connectivity index (χ0n) is 11.5. The minimum atomic E-state index is 0.0550. The van der Waals surface area contributed by atoms with Crippen LogP contribution in [0.4, 0.5) is 0 Å². The van der Waals surface area contributed by atoms with Crippen molar-refractivity contribution in [3.05, 3.63) is 53.2 Å². The summed E-state index contributed by atoms with van der Waals surface area (Å²) in [6.45, 7) is 1.98. The molecule has 4 nitrogen and oxygen atoms in total. The lowest BCUT2D eigenvalue weighted by Gasteiger charge is -2.12. The van der Waals surface area contributed by atoms with Gasteiger partial charge in [0.15, 0.2) is 10.8 Å². The van der Waals surface area contributed by atoms with Gasteiger partial charge in [0.1, 0.15) is 0 Å². The Labute approximate surface area is 132 Å². The van der Waals surface area contributed by atoms with Crippen LogP contribution in [0.5, 0.6) is 0 Å². The molecular weight excluding hydrogens is 304 g/mol. The van der Waals surface area contributed by atoms with Crippen LogP contribution >= 0.6 is 23.4 Å². The van der Waals surface area contributed by atoms with Crippen LogP contribution in [0.1, 0.15) is 12.5 Å². The van der Waals surface area contributed by atoms with Crippen LogP contribution in [0, 0.1) is 0 Å². The molecule has 0 bridgehead atoms. The molecule has 2 heterocycles. The summed E-state index contributed by atoms with van der Waals surface area (Å²) in [6.07, 6.45) is 2.69. The van der Waals surface area contributed by atoms with E-state index in [-0.39, 0.29) is 6.04 Å². The summed E-state index contributed by atoms with van der Waals surface area (Å²) in [4.78, 5) is 1.07. The van der Waals surface area contributed by atoms with Crippen LogP contribution in [-0.2, 0) is 6.42 Å². The van der Waals surface area contributed by atoms with Gasteiger partial charge in [0.25, 0.3) is 0 Å².